The number of ether oxygens (including phenoxy) is 1. The zero-order valence-electron chi connectivity index (χ0n) is 9.75. The molecule has 0 radical (unpaired) electrons. The summed E-state index contributed by atoms with van der Waals surface area (Å²) in [6, 6.07) is 0. The van der Waals surface area contributed by atoms with Gasteiger partial charge in [0, 0.05) is 6.42 Å². The van der Waals surface area contributed by atoms with Crippen LogP contribution >= 0.6 is 0 Å². The summed E-state index contributed by atoms with van der Waals surface area (Å²) < 4.78 is 4.68. The maximum absolute atomic E-state index is 11.2. The Morgan fingerprint density at radius 3 is 2.27 bits per heavy atom. The lowest BCUT2D eigenvalue weighted by Gasteiger charge is -2.18. The molecule has 15 heavy (non-hydrogen) atoms. The fourth-order valence-corrected chi connectivity index (χ4v) is 0.710. The Hall–Kier alpha value is -1.10. The number of hydroxylamine groups is 1. The van der Waals surface area contributed by atoms with Gasteiger partial charge < -0.3 is 4.74 Å². The lowest BCUT2D eigenvalue weighted by Crippen LogP contribution is -2.33. The van der Waals surface area contributed by atoms with Gasteiger partial charge in [-0.15, -0.1) is 0 Å². The predicted molar refractivity (Wildman–Crippen MR) is 54.8 cm³/mol. The molecular formula is C10H19NO4. The molecule has 5 nitrogen and oxygen atoms in total. The molecule has 0 heterocycles. The molecule has 0 aliphatic heterocycles. The lowest BCUT2D eigenvalue weighted by atomic mass is 10.2. The van der Waals surface area contributed by atoms with Gasteiger partial charge in [0.2, 0.25) is 5.91 Å². The molecule has 0 fully saturated rings. The van der Waals surface area contributed by atoms with Gasteiger partial charge in [-0.1, -0.05) is 0 Å². The van der Waals surface area contributed by atoms with Crippen molar-refractivity contribution in [2.24, 2.45) is 0 Å². The van der Waals surface area contributed by atoms with Gasteiger partial charge in [0.1, 0.15) is 0 Å². The third-order valence-electron chi connectivity index (χ3n) is 1.33. The second-order valence-electron chi connectivity index (χ2n) is 4.04. The number of carbonyl (C=O) groups excluding carboxylic acids is 2. The third-order valence-corrected chi connectivity index (χ3v) is 1.33. The van der Waals surface area contributed by atoms with Crippen molar-refractivity contribution in [1.82, 2.24) is 5.48 Å². The second-order valence-corrected chi connectivity index (χ2v) is 4.04. The van der Waals surface area contributed by atoms with Crippen LogP contribution in [0.2, 0.25) is 0 Å². The number of amides is 1. The highest BCUT2D eigenvalue weighted by Crippen LogP contribution is 2.04. The number of hydrogen-bond donors (Lipinski definition) is 1. The molecule has 0 aromatic rings. The van der Waals surface area contributed by atoms with Gasteiger partial charge >= 0.3 is 5.97 Å². The first kappa shape index (κ1) is 13.9. The van der Waals surface area contributed by atoms with E-state index in [9.17, 15) is 9.59 Å². The maximum atomic E-state index is 11.2. The number of hydrogen-bond acceptors (Lipinski definition) is 4. The minimum absolute atomic E-state index is 0.0766. The van der Waals surface area contributed by atoms with E-state index in [0.717, 1.165) is 0 Å². The summed E-state index contributed by atoms with van der Waals surface area (Å²) in [5.74, 6) is -0.693. The van der Waals surface area contributed by atoms with E-state index in [1.165, 1.54) is 0 Å². The minimum atomic E-state index is -0.431. The zero-order valence-corrected chi connectivity index (χ0v) is 9.75. The van der Waals surface area contributed by atoms with E-state index >= 15 is 0 Å². The molecule has 1 amide bonds. The van der Waals surface area contributed by atoms with Crippen LogP contribution in [0.1, 0.15) is 40.5 Å². The molecule has 5 heteroatoms. The molecule has 0 saturated heterocycles. The van der Waals surface area contributed by atoms with Crippen molar-refractivity contribution in [3.8, 4) is 0 Å². The van der Waals surface area contributed by atoms with Gasteiger partial charge in [0.15, 0.2) is 0 Å². The van der Waals surface area contributed by atoms with Crippen LogP contribution in [-0.4, -0.2) is 24.1 Å². The Morgan fingerprint density at radius 2 is 1.80 bits per heavy atom. The topological polar surface area (TPSA) is 64.6 Å². The largest absolute Gasteiger partial charge is 0.466 e. The summed E-state index contributed by atoms with van der Waals surface area (Å²) in [7, 11) is 0. The van der Waals surface area contributed by atoms with E-state index in [1.54, 1.807) is 6.92 Å². The maximum Gasteiger partial charge on any atom is 0.306 e. The molecule has 0 aromatic heterocycles. The molecule has 0 aliphatic carbocycles. The number of carbonyl (C=O) groups is 2. The molecule has 0 atom stereocenters. The molecular weight excluding hydrogens is 198 g/mol. The van der Waals surface area contributed by atoms with Crippen molar-refractivity contribution in [2.75, 3.05) is 6.61 Å². The van der Waals surface area contributed by atoms with Crippen molar-refractivity contribution < 1.29 is 19.2 Å². The van der Waals surface area contributed by atoms with Crippen molar-refractivity contribution in [1.29, 1.82) is 0 Å². The number of esters is 1. The quantitative estimate of drug-likeness (QED) is 0.554. The smallest absolute Gasteiger partial charge is 0.306 e. The predicted octanol–water partition coefficient (Wildman–Crippen LogP) is 1.18. The van der Waals surface area contributed by atoms with Gasteiger partial charge in [-0.05, 0) is 27.7 Å². The summed E-state index contributed by atoms with van der Waals surface area (Å²) in [6.07, 6.45) is 0.155. The number of rotatable bonds is 5. The fraction of sp³-hybridized carbons (Fsp3) is 0.800. The van der Waals surface area contributed by atoms with Gasteiger partial charge in [-0.2, -0.15) is 0 Å². The first-order valence-electron chi connectivity index (χ1n) is 4.97. The van der Waals surface area contributed by atoms with Gasteiger partial charge in [0.05, 0.1) is 18.6 Å². The fourth-order valence-electron chi connectivity index (χ4n) is 0.710. The molecule has 0 aliphatic rings. The van der Waals surface area contributed by atoms with Crippen LogP contribution in [-0.2, 0) is 19.2 Å². The van der Waals surface area contributed by atoms with E-state index in [-0.39, 0.29) is 24.7 Å². The molecule has 0 unspecified atom stereocenters. The zero-order chi connectivity index (χ0) is 11.9. The Labute approximate surface area is 90.1 Å². The molecule has 0 rings (SSSR count). The van der Waals surface area contributed by atoms with Crippen LogP contribution in [0.25, 0.3) is 0 Å². The molecule has 0 bridgehead atoms. The summed E-state index contributed by atoms with van der Waals surface area (Å²) in [4.78, 5) is 27.1. The molecule has 0 spiro atoms. The van der Waals surface area contributed by atoms with Crippen LogP contribution in [0.15, 0.2) is 0 Å². The highest BCUT2D eigenvalue weighted by atomic mass is 16.7. The van der Waals surface area contributed by atoms with E-state index in [0.29, 0.717) is 6.61 Å². The second kappa shape index (κ2) is 6.40. The van der Waals surface area contributed by atoms with Gasteiger partial charge in [0.25, 0.3) is 0 Å². The van der Waals surface area contributed by atoms with Crippen molar-refractivity contribution in [3.63, 3.8) is 0 Å². The Morgan fingerprint density at radius 1 is 1.20 bits per heavy atom. The van der Waals surface area contributed by atoms with Gasteiger partial charge in [-0.25, -0.2) is 5.48 Å². The van der Waals surface area contributed by atoms with Crippen LogP contribution in [0.5, 0.6) is 0 Å². The van der Waals surface area contributed by atoms with E-state index in [2.05, 4.69) is 10.2 Å². The summed E-state index contributed by atoms with van der Waals surface area (Å²) >= 11 is 0. The highest BCUT2D eigenvalue weighted by molar-refractivity contribution is 5.80. The van der Waals surface area contributed by atoms with E-state index < -0.39 is 5.60 Å². The average Bonchev–Trinajstić information content (AvgIpc) is 2.11. The van der Waals surface area contributed by atoms with Crippen molar-refractivity contribution in [2.45, 2.75) is 46.1 Å². The molecule has 0 saturated carbocycles. The first-order chi connectivity index (χ1) is 6.85. The summed E-state index contributed by atoms with van der Waals surface area (Å²) in [6.45, 7) is 7.51. The molecule has 0 aromatic carbocycles. The van der Waals surface area contributed by atoms with E-state index in [4.69, 9.17) is 4.84 Å². The Balaban J connectivity index is 3.62. The molecule has 88 valence electrons. The van der Waals surface area contributed by atoms with Crippen molar-refractivity contribution in [3.05, 3.63) is 0 Å². The third kappa shape index (κ3) is 9.21. The lowest BCUT2D eigenvalue weighted by molar-refractivity contribution is -0.150. The molecule has 1 N–H and O–H groups in total. The SMILES string of the molecule is CCOC(=O)CCC(=O)NOC(C)(C)C. The average molecular weight is 217 g/mol. The minimum Gasteiger partial charge on any atom is -0.466 e. The normalized spacial score (nSPS) is 10.9. The van der Waals surface area contributed by atoms with Crippen molar-refractivity contribution >= 4 is 11.9 Å². The summed E-state index contributed by atoms with van der Waals surface area (Å²) in [5.41, 5.74) is 1.84. The first-order valence-corrected chi connectivity index (χ1v) is 4.97. The van der Waals surface area contributed by atoms with Crippen LogP contribution in [0.4, 0.5) is 0 Å². The van der Waals surface area contributed by atoms with E-state index in [1.807, 2.05) is 20.8 Å². The Kier molecular flexibility index (Phi) is 5.93. The standard InChI is InChI=1S/C10H19NO4/c1-5-14-9(13)7-6-8(12)11-15-10(2,3)4/h5-7H2,1-4H3,(H,11,12). The van der Waals surface area contributed by atoms with Crippen LogP contribution in [0.3, 0.4) is 0 Å². The highest BCUT2D eigenvalue weighted by Gasteiger charge is 2.13. The Bertz CT molecular complexity index is 220. The summed E-state index contributed by atoms with van der Waals surface area (Å²) in [5, 5.41) is 0. The monoisotopic (exact) mass is 217 g/mol. The van der Waals surface area contributed by atoms with Crippen LogP contribution in [0, 0.1) is 0 Å². The van der Waals surface area contributed by atoms with Gasteiger partial charge in [-0.3, -0.25) is 14.4 Å². The van der Waals surface area contributed by atoms with Crippen LogP contribution < -0.4 is 5.48 Å². The number of nitrogens with one attached hydrogen (secondary N) is 1.